The second kappa shape index (κ2) is 6.97. The number of hydrogen-bond donors (Lipinski definition) is 1. The molecule has 7 heteroatoms. The number of sulfonamides is 1. The Labute approximate surface area is 138 Å². The van der Waals surface area contributed by atoms with Crippen LogP contribution in [0.25, 0.3) is 0 Å². The van der Waals surface area contributed by atoms with Gasteiger partial charge in [-0.25, -0.2) is 8.42 Å². The van der Waals surface area contributed by atoms with E-state index in [1.807, 2.05) is 12.1 Å². The molecule has 0 bridgehead atoms. The van der Waals surface area contributed by atoms with Crippen LogP contribution >= 0.6 is 0 Å². The summed E-state index contributed by atoms with van der Waals surface area (Å²) in [7, 11) is -3.30. The highest BCUT2D eigenvalue weighted by atomic mass is 32.2. The van der Waals surface area contributed by atoms with Crippen molar-refractivity contribution in [2.24, 2.45) is 0 Å². The third kappa shape index (κ3) is 3.90. The minimum Gasteiger partial charge on any atom is -0.378 e. The number of benzene rings is 1. The van der Waals surface area contributed by atoms with E-state index in [1.54, 1.807) is 6.92 Å². The molecule has 2 saturated heterocycles. The zero-order valence-electron chi connectivity index (χ0n) is 13.6. The predicted molar refractivity (Wildman–Crippen MR) is 94.0 cm³/mol. The molecule has 0 amide bonds. The fourth-order valence-electron chi connectivity index (χ4n) is 3.10. The second-order valence-corrected chi connectivity index (χ2v) is 8.01. The molecule has 128 valence electrons. The first-order valence-electron chi connectivity index (χ1n) is 8.31. The lowest BCUT2D eigenvalue weighted by Crippen LogP contribution is -2.37. The van der Waals surface area contributed by atoms with Gasteiger partial charge in [0.15, 0.2) is 0 Å². The van der Waals surface area contributed by atoms with E-state index >= 15 is 0 Å². The molecule has 0 radical (unpaired) electrons. The molecule has 3 rings (SSSR count). The van der Waals surface area contributed by atoms with Gasteiger partial charge in [0.1, 0.15) is 0 Å². The van der Waals surface area contributed by atoms with Gasteiger partial charge in [-0.3, -0.25) is 4.72 Å². The van der Waals surface area contributed by atoms with Gasteiger partial charge in [-0.1, -0.05) is 0 Å². The zero-order valence-corrected chi connectivity index (χ0v) is 14.4. The van der Waals surface area contributed by atoms with Gasteiger partial charge in [-0.2, -0.15) is 0 Å². The van der Waals surface area contributed by atoms with E-state index in [9.17, 15) is 8.42 Å². The first-order chi connectivity index (χ1) is 11.1. The highest BCUT2D eigenvalue weighted by Crippen LogP contribution is 2.33. The molecule has 0 saturated carbocycles. The number of ether oxygens (including phenoxy) is 1. The van der Waals surface area contributed by atoms with Crippen molar-refractivity contribution in [3.05, 3.63) is 18.2 Å². The summed E-state index contributed by atoms with van der Waals surface area (Å²) in [6, 6.07) is 6.11. The van der Waals surface area contributed by atoms with Crippen molar-refractivity contribution in [2.45, 2.75) is 19.8 Å². The van der Waals surface area contributed by atoms with E-state index < -0.39 is 10.0 Å². The Kier molecular flexibility index (Phi) is 4.96. The van der Waals surface area contributed by atoms with E-state index in [-0.39, 0.29) is 5.75 Å². The third-order valence-corrected chi connectivity index (χ3v) is 5.74. The average Bonchev–Trinajstić information content (AvgIpc) is 3.10. The summed E-state index contributed by atoms with van der Waals surface area (Å²) in [6.07, 6.45) is 2.39. The standard InChI is InChI=1S/C16H25N3O3S/c1-2-23(20,21)17-15-13-14(18-7-3-4-8-18)5-6-16(15)19-9-11-22-12-10-19/h5-6,13,17H,2-4,7-12H2,1H3. The molecular formula is C16H25N3O3S. The number of anilines is 3. The quantitative estimate of drug-likeness (QED) is 0.887. The third-order valence-electron chi connectivity index (χ3n) is 4.45. The number of nitrogens with one attached hydrogen (secondary N) is 1. The van der Waals surface area contributed by atoms with Gasteiger partial charge in [0.25, 0.3) is 0 Å². The van der Waals surface area contributed by atoms with Crippen LogP contribution in [0.3, 0.4) is 0 Å². The largest absolute Gasteiger partial charge is 0.378 e. The van der Waals surface area contributed by atoms with Gasteiger partial charge in [0, 0.05) is 31.9 Å². The van der Waals surface area contributed by atoms with Gasteiger partial charge in [-0.05, 0) is 38.0 Å². The lowest BCUT2D eigenvalue weighted by atomic mass is 10.2. The predicted octanol–water partition coefficient (Wildman–Crippen LogP) is 1.89. The van der Waals surface area contributed by atoms with Crippen molar-refractivity contribution in [3.8, 4) is 0 Å². The van der Waals surface area contributed by atoms with Crippen LogP contribution in [0.15, 0.2) is 18.2 Å². The molecule has 0 spiro atoms. The van der Waals surface area contributed by atoms with Gasteiger partial charge >= 0.3 is 0 Å². The molecule has 0 aliphatic carbocycles. The van der Waals surface area contributed by atoms with Crippen LogP contribution in [0.4, 0.5) is 17.1 Å². The molecule has 2 aliphatic heterocycles. The Bertz CT molecular complexity index is 636. The van der Waals surface area contributed by atoms with Crippen molar-refractivity contribution < 1.29 is 13.2 Å². The lowest BCUT2D eigenvalue weighted by molar-refractivity contribution is 0.123. The molecule has 2 fully saturated rings. The van der Waals surface area contributed by atoms with Crippen LogP contribution in [-0.4, -0.2) is 53.6 Å². The van der Waals surface area contributed by atoms with Gasteiger partial charge in [-0.15, -0.1) is 0 Å². The summed E-state index contributed by atoms with van der Waals surface area (Å²) in [4.78, 5) is 4.50. The van der Waals surface area contributed by atoms with E-state index in [0.29, 0.717) is 18.9 Å². The van der Waals surface area contributed by atoms with Gasteiger partial charge in [0.2, 0.25) is 10.0 Å². The lowest BCUT2D eigenvalue weighted by Gasteiger charge is -2.31. The molecule has 2 aliphatic rings. The molecule has 6 nitrogen and oxygen atoms in total. The van der Waals surface area contributed by atoms with Crippen LogP contribution in [0.2, 0.25) is 0 Å². The maximum atomic E-state index is 12.1. The summed E-state index contributed by atoms with van der Waals surface area (Å²) >= 11 is 0. The minimum atomic E-state index is -3.30. The Balaban J connectivity index is 1.93. The Morgan fingerprint density at radius 3 is 2.43 bits per heavy atom. The second-order valence-electron chi connectivity index (χ2n) is 6.00. The maximum Gasteiger partial charge on any atom is 0.232 e. The monoisotopic (exact) mass is 339 g/mol. The van der Waals surface area contributed by atoms with Crippen LogP contribution in [-0.2, 0) is 14.8 Å². The summed E-state index contributed by atoms with van der Waals surface area (Å²) in [5, 5.41) is 0. The molecule has 1 aromatic rings. The van der Waals surface area contributed by atoms with Crippen molar-refractivity contribution >= 4 is 27.1 Å². The number of hydrogen-bond acceptors (Lipinski definition) is 5. The molecule has 2 heterocycles. The highest BCUT2D eigenvalue weighted by molar-refractivity contribution is 7.92. The number of nitrogens with zero attached hydrogens (tertiary/aromatic N) is 2. The Morgan fingerprint density at radius 1 is 1.09 bits per heavy atom. The molecular weight excluding hydrogens is 314 g/mol. The topological polar surface area (TPSA) is 61.9 Å². The van der Waals surface area contributed by atoms with Crippen molar-refractivity contribution in [3.63, 3.8) is 0 Å². The summed E-state index contributed by atoms with van der Waals surface area (Å²) in [5.41, 5.74) is 2.71. The SMILES string of the molecule is CCS(=O)(=O)Nc1cc(N2CCCC2)ccc1N1CCOCC1. The first kappa shape index (κ1) is 16.4. The van der Waals surface area contributed by atoms with E-state index in [0.717, 1.165) is 37.6 Å². The zero-order chi connectivity index (χ0) is 16.3. The molecule has 1 N–H and O–H groups in total. The number of rotatable bonds is 5. The van der Waals surface area contributed by atoms with E-state index in [4.69, 9.17) is 4.74 Å². The highest BCUT2D eigenvalue weighted by Gasteiger charge is 2.20. The Morgan fingerprint density at radius 2 is 1.78 bits per heavy atom. The van der Waals surface area contributed by atoms with Crippen LogP contribution in [0.1, 0.15) is 19.8 Å². The smallest absolute Gasteiger partial charge is 0.232 e. The summed E-state index contributed by atoms with van der Waals surface area (Å²) in [5.74, 6) is 0.0729. The fraction of sp³-hybridized carbons (Fsp3) is 0.625. The van der Waals surface area contributed by atoms with Crippen molar-refractivity contribution in [1.29, 1.82) is 0 Å². The normalized spacial score (nSPS) is 19.2. The fourth-order valence-corrected chi connectivity index (χ4v) is 3.74. The van der Waals surface area contributed by atoms with Gasteiger partial charge < -0.3 is 14.5 Å². The van der Waals surface area contributed by atoms with Crippen molar-refractivity contribution in [1.82, 2.24) is 0 Å². The molecule has 0 aromatic heterocycles. The Hall–Kier alpha value is -1.47. The van der Waals surface area contributed by atoms with Crippen LogP contribution < -0.4 is 14.5 Å². The van der Waals surface area contributed by atoms with E-state index in [1.165, 1.54) is 12.8 Å². The van der Waals surface area contributed by atoms with E-state index in [2.05, 4.69) is 20.6 Å². The summed E-state index contributed by atoms with van der Waals surface area (Å²) < 4.78 is 32.3. The summed E-state index contributed by atoms with van der Waals surface area (Å²) in [6.45, 7) is 6.64. The maximum absolute atomic E-state index is 12.1. The molecule has 23 heavy (non-hydrogen) atoms. The molecule has 0 unspecified atom stereocenters. The molecule has 1 aromatic carbocycles. The first-order valence-corrected chi connectivity index (χ1v) is 9.96. The van der Waals surface area contributed by atoms with Crippen LogP contribution in [0, 0.1) is 0 Å². The van der Waals surface area contributed by atoms with Gasteiger partial charge in [0.05, 0.1) is 30.3 Å². The average molecular weight is 339 g/mol. The number of morpholine rings is 1. The van der Waals surface area contributed by atoms with Crippen molar-refractivity contribution in [2.75, 3.05) is 59.7 Å². The minimum absolute atomic E-state index is 0.0729. The molecule has 0 atom stereocenters. The van der Waals surface area contributed by atoms with Crippen LogP contribution in [0.5, 0.6) is 0 Å².